The topological polar surface area (TPSA) is 55.4 Å². The second-order valence-electron chi connectivity index (χ2n) is 4.39. The van der Waals surface area contributed by atoms with Crippen molar-refractivity contribution >= 4 is 27.3 Å². The number of alkyl halides is 2. The van der Waals surface area contributed by atoms with Gasteiger partial charge in [0.25, 0.3) is 10.0 Å². The van der Waals surface area contributed by atoms with Crippen molar-refractivity contribution in [3.63, 3.8) is 0 Å². The number of aryl methyl sites for hydroxylation is 1. The van der Waals surface area contributed by atoms with Crippen molar-refractivity contribution < 1.29 is 21.9 Å². The van der Waals surface area contributed by atoms with Crippen molar-refractivity contribution in [1.29, 1.82) is 0 Å². The normalized spacial score (nSPS) is 11.5. The number of benzene rings is 2. The average molecular weight is 348 g/mol. The minimum atomic E-state index is -3.95. The van der Waals surface area contributed by atoms with Crippen LogP contribution in [0.2, 0.25) is 5.02 Å². The molecule has 8 heteroatoms. The van der Waals surface area contributed by atoms with E-state index in [-0.39, 0.29) is 16.3 Å². The lowest BCUT2D eigenvalue weighted by Gasteiger charge is -2.14. The molecule has 0 radical (unpaired) electrons. The van der Waals surface area contributed by atoms with E-state index in [0.29, 0.717) is 10.6 Å². The van der Waals surface area contributed by atoms with E-state index < -0.39 is 16.6 Å². The van der Waals surface area contributed by atoms with Gasteiger partial charge in [0.15, 0.2) is 0 Å². The summed E-state index contributed by atoms with van der Waals surface area (Å²) in [6.07, 6.45) is 0. The third kappa shape index (κ3) is 3.86. The van der Waals surface area contributed by atoms with E-state index in [0.717, 1.165) is 0 Å². The number of para-hydroxylation sites is 2. The first kappa shape index (κ1) is 16.5. The van der Waals surface area contributed by atoms with Crippen LogP contribution in [0, 0.1) is 6.92 Å². The van der Waals surface area contributed by atoms with Crippen molar-refractivity contribution in [2.45, 2.75) is 18.4 Å². The van der Waals surface area contributed by atoms with Crippen molar-refractivity contribution in [3.05, 3.63) is 53.1 Å². The van der Waals surface area contributed by atoms with Gasteiger partial charge >= 0.3 is 6.61 Å². The summed E-state index contributed by atoms with van der Waals surface area (Å²) in [7, 11) is -3.95. The van der Waals surface area contributed by atoms with E-state index >= 15 is 0 Å². The molecule has 1 N–H and O–H groups in total. The van der Waals surface area contributed by atoms with E-state index in [1.807, 2.05) is 0 Å². The van der Waals surface area contributed by atoms with Crippen LogP contribution in [0.15, 0.2) is 47.4 Å². The lowest BCUT2D eigenvalue weighted by Crippen LogP contribution is -2.15. The quantitative estimate of drug-likeness (QED) is 0.887. The molecule has 2 rings (SSSR count). The second-order valence-corrected chi connectivity index (χ2v) is 6.48. The fraction of sp³-hybridized carbons (Fsp3) is 0.143. The third-order valence-corrected chi connectivity index (χ3v) is 4.53. The zero-order valence-electron chi connectivity index (χ0n) is 11.4. The highest BCUT2D eigenvalue weighted by atomic mass is 35.5. The van der Waals surface area contributed by atoms with Crippen molar-refractivity contribution in [1.82, 2.24) is 0 Å². The molecular formula is C14H12ClF2NO3S. The fourth-order valence-electron chi connectivity index (χ4n) is 1.86. The van der Waals surface area contributed by atoms with Gasteiger partial charge in [0.1, 0.15) is 5.75 Å². The number of halogens is 3. The Hall–Kier alpha value is -1.86. The molecule has 22 heavy (non-hydrogen) atoms. The molecule has 0 aromatic heterocycles. The Kier molecular flexibility index (Phi) is 4.87. The number of sulfonamides is 1. The van der Waals surface area contributed by atoms with Crippen LogP contribution in [0.4, 0.5) is 14.5 Å². The van der Waals surface area contributed by atoms with Gasteiger partial charge in [0.05, 0.1) is 10.6 Å². The van der Waals surface area contributed by atoms with Gasteiger partial charge in [-0.25, -0.2) is 8.42 Å². The van der Waals surface area contributed by atoms with E-state index in [4.69, 9.17) is 11.6 Å². The minimum Gasteiger partial charge on any atom is -0.433 e. The molecule has 0 amide bonds. The van der Waals surface area contributed by atoms with Crippen LogP contribution in [0.1, 0.15) is 5.56 Å². The maximum absolute atomic E-state index is 12.4. The molecule has 0 fully saturated rings. The predicted octanol–water partition coefficient (Wildman–Crippen LogP) is 4.05. The smallest absolute Gasteiger partial charge is 0.387 e. The number of ether oxygens (including phenoxy) is 1. The average Bonchev–Trinajstić information content (AvgIpc) is 2.39. The molecule has 0 bridgehead atoms. The number of nitrogens with one attached hydrogen (secondary N) is 1. The number of hydrogen-bond donors (Lipinski definition) is 1. The molecule has 2 aromatic rings. The Morgan fingerprint density at radius 1 is 1.18 bits per heavy atom. The van der Waals surface area contributed by atoms with Crippen LogP contribution in [-0.4, -0.2) is 15.0 Å². The Morgan fingerprint density at radius 2 is 1.86 bits per heavy atom. The lowest BCUT2D eigenvalue weighted by molar-refractivity contribution is -0.0493. The molecule has 0 aliphatic carbocycles. The molecule has 0 saturated carbocycles. The molecule has 0 aliphatic rings. The van der Waals surface area contributed by atoms with Crippen LogP contribution >= 0.6 is 11.6 Å². The van der Waals surface area contributed by atoms with Crippen molar-refractivity contribution in [2.24, 2.45) is 0 Å². The monoisotopic (exact) mass is 347 g/mol. The molecule has 4 nitrogen and oxygen atoms in total. The molecule has 0 unspecified atom stereocenters. The zero-order chi connectivity index (χ0) is 16.3. The summed E-state index contributed by atoms with van der Waals surface area (Å²) < 4.78 is 56.0. The molecular weight excluding hydrogens is 336 g/mol. The molecule has 118 valence electrons. The SMILES string of the molecule is Cc1cc(Cl)ccc1S(=O)(=O)Nc1ccccc1OC(F)F. The highest BCUT2D eigenvalue weighted by molar-refractivity contribution is 7.92. The highest BCUT2D eigenvalue weighted by Gasteiger charge is 2.19. The van der Waals surface area contributed by atoms with Crippen LogP contribution in [-0.2, 0) is 10.0 Å². The molecule has 0 spiro atoms. The highest BCUT2D eigenvalue weighted by Crippen LogP contribution is 2.29. The van der Waals surface area contributed by atoms with Gasteiger partial charge in [-0.2, -0.15) is 8.78 Å². The maximum Gasteiger partial charge on any atom is 0.387 e. The van der Waals surface area contributed by atoms with E-state index in [1.165, 1.54) is 42.5 Å². The van der Waals surface area contributed by atoms with E-state index in [2.05, 4.69) is 9.46 Å². The third-order valence-electron chi connectivity index (χ3n) is 2.77. The van der Waals surface area contributed by atoms with Gasteiger partial charge in [-0.05, 0) is 42.8 Å². The minimum absolute atomic E-state index is 0.00347. The standard InChI is InChI=1S/C14H12ClF2NO3S/c1-9-8-10(15)6-7-13(9)22(19,20)18-11-4-2-3-5-12(11)21-14(16)17/h2-8,14,18H,1H3. The lowest BCUT2D eigenvalue weighted by atomic mass is 10.2. The summed E-state index contributed by atoms with van der Waals surface area (Å²) in [6, 6.07) is 9.83. The molecule has 0 saturated heterocycles. The first-order valence-corrected chi connectivity index (χ1v) is 7.98. The number of hydrogen-bond acceptors (Lipinski definition) is 3. The first-order chi connectivity index (χ1) is 10.3. The second kappa shape index (κ2) is 6.50. The van der Waals surface area contributed by atoms with Crippen LogP contribution in [0.5, 0.6) is 5.75 Å². The zero-order valence-corrected chi connectivity index (χ0v) is 13.0. The van der Waals surface area contributed by atoms with Crippen LogP contribution in [0.25, 0.3) is 0 Å². The predicted molar refractivity (Wildman–Crippen MR) is 80.1 cm³/mol. The Bertz CT molecular complexity index is 781. The molecule has 0 heterocycles. The van der Waals surface area contributed by atoms with Gasteiger partial charge < -0.3 is 4.74 Å². The molecule has 2 aromatic carbocycles. The summed E-state index contributed by atoms with van der Waals surface area (Å²) in [5.41, 5.74) is 0.365. The Labute approximate surface area is 131 Å². The Morgan fingerprint density at radius 3 is 2.50 bits per heavy atom. The maximum atomic E-state index is 12.4. The van der Waals surface area contributed by atoms with Crippen LogP contribution in [0.3, 0.4) is 0 Å². The van der Waals surface area contributed by atoms with Gasteiger partial charge in [0, 0.05) is 5.02 Å². The first-order valence-electron chi connectivity index (χ1n) is 6.12. The summed E-state index contributed by atoms with van der Waals surface area (Å²) in [5, 5.41) is 0.401. The van der Waals surface area contributed by atoms with Gasteiger partial charge in [0.2, 0.25) is 0 Å². The van der Waals surface area contributed by atoms with E-state index in [9.17, 15) is 17.2 Å². The largest absolute Gasteiger partial charge is 0.433 e. The summed E-state index contributed by atoms with van der Waals surface area (Å²) in [6.45, 7) is -1.47. The van der Waals surface area contributed by atoms with Gasteiger partial charge in [-0.1, -0.05) is 23.7 Å². The summed E-state index contributed by atoms with van der Waals surface area (Å²) >= 11 is 5.79. The Balaban J connectivity index is 2.37. The van der Waals surface area contributed by atoms with Crippen molar-refractivity contribution in [3.8, 4) is 5.75 Å². The number of anilines is 1. The number of rotatable bonds is 5. The van der Waals surface area contributed by atoms with Crippen LogP contribution < -0.4 is 9.46 Å². The van der Waals surface area contributed by atoms with E-state index in [1.54, 1.807) is 6.92 Å². The summed E-state index contributed by atoms with van der Waals surface area (Å²) in [5.74, 6) is -0.257. The molecule has 0 atom stereocenters. The summed E-state index contributed by atoms with van der Waals surface area (Å²) in [4.78, 5) is 0.00347. The van der Waals surface area contributed by atoms with Gasteiger partial charge in [-0.3, -0.25) is 4.72 Å². The molecule has 0 aliphatic heterocycles. The van der Waals surface area contributed by atoms with Crippen molar-refractivity contribution in [2.75, 3.05) is 4.72 Å². The van der Waals surface area contributed by atoms with Gasteiger partial charge in [-0.15, -0.1) is 0 Å². The fourth-order valence-corrected chi connectivity index (χ4v) is 3.39.